The Hall–Kier alpha value is 0.0649. The van der Waals surface area contributed by atoms with Gasteiger partial charge >= 0.3 is 0 Å². The Morgan fingerprint density at radius 2 is 1.46 bits per heavy atom. The Morgan fingerprint density at radius 1 is 0.786 bits per heavy atom. The van der Waals surface area contributed by atoms with E-state index in [9.17, 15) is 0 Å². The van der Waals surface area contributed by atoms with Crippen molar-refractivity contribution in [3.8, 4) is 0 Å². The molecule has 0 amide bonds. The van der Waals surface area contributed by atoms with Crippen LogP contribution in [-0.2, 0) is 0 Å². The van der Waals surface area contributed by atoms with Crippen LogP contribution in [0.25, 0.3) is 0 Å². The summed E-state index contributed by atoms with van der Waals surface area (Å²) in [6, 6.07) is 0. The average Bonchev–Trinajstić information content (AvgIpc) is 2.89. The van der Waals surface area contributed by atoms with Gasteiger partial charge in [-0.1, -0.05) is 105 Å². The van der Waals surface area contributed by atoms with E-state index in [0.29, 0.717) is 5.41 Å². The van der Waals surface area contributed by atoms with Gasteiger partial charge in [-0.3, -0.25) is 0 Å². The summed E-state index contributed by atoms with van der Waals surface area (Å²) in [5.41, 5.74) is 0.592. The normalized spacial score (nSPS) is 40.4. The lowest BCUT2D eigenvalue weighted by atomic mass is 9.64. The first-order valence-electron chi connectivity index (χ1n) is 13.5. The van der Waals surface area contributed by atoms with Gasteiger partial charge in [-0.15, -0.1) is 0 Å². The highest BCUT2D eigenvalue weighted by Crippen LogP contribution is 2.62. The minimum Gasteiger partial charge on any atom is -0.0808 e. The van der Waals surface area contributed by atoms with E-state index < -0.39 is 0 Å². The Labute approximate surface area is 178 Å². The molecule has 7 atom stereocenters. The van der Waals surface area contributed by atoms with E-state index in [4.69, 9.17) is 0 Å². The first kappa shape index (κ1) is 22.7. The van der Waals surface area contributed by atoms with Gasteiger partial charge in [-0.25, -0.2) is 0 Å². The van der Waals surface area contributed by atoms with Gasteiger partial charge in [0, 0.05) is 0 Å². The number of rotatable bonds is 9. The molecule has 3 saturated carbocycles. The first-order valence-corrected chi connectivity index (χ1v) is 13.5. The maximum atomic E-state index is 2.67. The molecule has 162 valence electrons. The summed E-state index contributed by atoms with van der Waals surface area (Å²) in [5.74, 6) is 7.32. The zero-order valence-corrected chi connectivity index (χ0v) is 20.1. The fraction of sp³-hybridized carbons (Fsp3) is 1.00. The van der Waals surface area contributed by atoms with E-state index >= 15 is 0 Å². The Balaban J connectivity index is 1.59. The zero-order chi connectivity index (χ0) is 20.1. The van der Waals surface area contributed by atoms with E-state index in [2.05, 4.69) is 35.5 Å². The molecule has 7 unspecified atom stereocenters. The van der Waals surface area contributed by atoms with E-state index in [0.717, 1.165) is 41.4 Å². The summed E-state index contributed by atoms with van der Waals surface area (Å²) < 4.78 is 0. The van der Waals surface area contributed by atoms with Crippen molar-refractivity contribution < 1.29 is 0 Å². The van der Waals surface area contributed by atoms with Crippen molar-refractivity contribution in [1.82, 2.24) is 0 Å². The molecule has 3 aliphatic rings. The highest BCUT2D eigenvalue weighted by Gasteiger charge is 2.55. The van der Waals surface area contributed by atoms with Gasteiger partial charge in [0.15, 0.2) is 0 Å². The fourth-order valence-corrected chi connectivity index (χ4v) is 8.55. The van der Waals surface area contributed by atoms with Crippen LogP contribution in [0.5, 0.6) is 0 Å². The fourth-order valence-electron chi connectivity index (χ4n) is 8.55. The van der Waals surface area contributed by atoms with Gasteiger partial charge in [-0.2, -0.15) is 0 Å². The van der Waals surface area contributed by atoms with Crippen molar-refractivity contribution in [2.45, 2.75) is 124 Å². The van der Waals surface area contributed by atoms with E-state index in [1.54, 1.807) is 38.5 Å². The molecule has 0 N–H and O–H groups in total. The standard InChI is InChI=1S/C27H51B/c1-5-9-21-11-7-8-12-22(21)15-13-20-14-16-24-23(10-6-2)25(17-18-28)27(3,4)26(24)19-20/h20-26H,5-19,28H2,1-4H3. The van der Waals surface area contributed by atoms with Crippen LogP contribution in [0.2, 0.25) is 6.32 Å². The third-order valence-electron chi connectivity index (χ3n) is 9.88. The lowest BCUT2D eigenvalue weighted by molar-refractivity contribution is 0.0924. The molecule has 0 aromatic carbocycles. The van der Waals surface area contributed by atoms with Gasteiger partial charge in [0.25, 0.3) is 0 Å². The number of hydrogen-bond donors (Lipinski definition) is 0. The SMILES string of the molecule is BCCC1C(CCC)C2CCC(CCC3CCCCC3CCC)CC2C1(C)C. The van der Waals surface area contributed by atoms with Crippen LogP contribution in [0.3, 0.4) is 0 Å². The smallest absolute Gasteiger partial charge is 0.0808 e. The molecule has 0 aromatic rings. The highest BCUT2D eigenvalue weighted by molar-refractivity contribution is 6.08. The molecule has 1 heteroatoms. The Morgan fingerprint density at radius 3 is 2.11 bits per heavy atom. The molecule has 3 fully saturated rings. The predicted molar refractivity (Wildman–Crippen MR) is 128 cm³/mol. The average molecular weight is 387 g/mol. The van der Waals surface area contributed by atoms with Gasteiger partial charge in [-0.05, 0) is 66.1 Å². The summed E-state index contributed by atoms with van der Waals surface area (Å²) in [5, 5.41) is 0. The van der Waals surface area contributed by atoms with Gasteiger partial charge < -0.3 is 0 Å². The minimum atomic E-state index is 0.592. The molecule has 0 nitrogen and oxygen atoms in total. The Bertz CT molecular complexity index is 453. The van der Waals surface area contributed by atoms with Crippen molar-refractivity contribution in [2.75, 3.05) is 0 Å². The molecule has 28 heavy (non-hydrogen) atoms. The van der Waals surface area contributed by atoms with E-state index in [-0.39, 0.29) is 0 Å². The third-order valence-corrected chi connectivity index (χ3v) is 9.88. The van der Waals surface area contributed by atoms with Gasteiger partial charge in [0.1, 0.15) is 7.85 Å². The lowest BCUT2D eigenvalue weighted by Gasteiger charge is -2.41. The van der Waals surface area contributed by atoms with Crippen molar-refractivity contribution in [3.63, 3.8) is 0 Å². The highest BCUT2D eigenvalue weighted by atomic mass is 14.6. The molecular formula is C27H51B. The summed E-state index contributed by atoms with van der Waals surface area (Å²) in [7, 11) is 2.42. The maximum Gasteiger partial charge on any atom is 0.101 e. The quantitative estimate of drug-likeness (QED) is 0.353. The van der Waals surface area contributed by atoms with Crippen molar-refractivity contribution in [2.24, 2.45) is 46.8 Å². The predicted octanol–water partition coefficient (Wildman–Crippen LogP) is 7.92. The van der Waals surface area contributed by atoms with Crippen LogP contribution in [0.4, 0.5) is 0 Å². The monoisotopic (exact) mass is 386 g/mol. The van der Waals surface area contributed by atoms with Gasteiger partial charge in [0.2, 0.25) is 0 Å². The van der Waals surface area contributed by atoms with Crippen molar-refractivity contribution >= 4 is 7.85 Å². The number of hydrogen-bond acceptors (Lipinski definition) is 0. The largest absolute Gasteiger partial charge is 0.101 e. The molecule has 0 radical (unpaired) electrons. The Kier molecular flexibility index (Phi) is 8.44. The van der Waals surface area contributed by atoms with E-state index in [1.807, 2.05) is 0 Å². The second-order valence-electron chi connectivity index (χ2n) is 11.8. The second kappa shape index (κ2) is 10.4. The molecule has 0 aliphatic heterocycles. The molecule has 0 bridgehead atoms. The number of fused-ring (bicyclic) bond motifs is 1. The maximum absolute atomic E-state index is 2.67. The molecule has 0 heterocycles. The minimum absolute atomic E-state index is 0.592. The van der Waals surface area contributed by atoms with Crippen LogP contribution in [-0.4, -0.2) is 7.85 Å². The molecule has 0 spiro atoms. The van der Waals surface area contributed by atoms with Crippen LogP contribution in [0.1, 0.15) is 118 Å². The molecule has 3 rings (SSSR count). The molecule has 3 aliphatic carbocycles. The summed E-state index contributed by atoms with van der Waals surface area (Å²) in [6.45, 7) is 10.2. The lowest BCUT2D eigenvalue weighted by Crippen LogP contribution is -2.32. The van der Waals surface area contributed by atoms with Crippen molar-refractivity contribution in [1.29, 1.82) is 0 Å². The van der Waals surface area contributed by atoms with Crippen LogP contribution < -0.4 is 0 Å². The van der Waals surface area contributed by atoms with Crippen molar-refractivity contribution in [3.05, 3.63) is 0 Å². The van der Waals surface area contributed by atoms with E-state index in [1.165, 1.54) is 57.7 Å². The van der Waals surface area contributed by atoms with Crippen LogP contribution in [0, 0.1) is 46.8 Å². The van der Waals surface area contributed by atoms with Gasteiger partial charge in [0.05, 0.1) is 0 Å². The molecular weight excluding hydrogens is 335 g/mol. The molecule has 0 aromatic heterocycles. The van der Waals surface area contributed by atoms with Crippen LogP contribution in [0.15, 0.2) is 0 Å². The second-order valence-corrected chi connectivity index (χ2v) is 11.8. The zero-order valence-electron chi connectivity index (χ0n) is 20.1. The third kappa shape index (κ3) is 4.86. The molecule has 0 saturated heterocycles. The topological polar surface area (TPSA) is 0 Å². The summed E-state index contributed by atoms with van der Waals surface area (Å²) in [6.07, 6.45) is 22.6. The summed E-state index contributed by atoms with van der Waals surface area (Å²) in [4.78, 5) is 0. The summed E-state index contributed by atoms with van der Waals surface area (Å²) >= 11 is 0. The van der Waals surface area contributed by atoms with Crippen LogP contribution >= 0.6 is 0 Å². The first-order chi connectivity index (χ1) is 13.5.